The van der Waals surface area contributed by atoms with E-state index >= 15 is 0 Å². The van der Waals surface area contributed by atoms with Crippen molar-refractivity contribution in [2.45, 2.75) is 38.7 Å². The second-order valence-corrected chi connectivity index (χ2v) is 7.45. The Hall–Kier alpha value is -1.39. The first-order valence-corrected chi connectivity index (χ1v) is 8.95. The lowest BCUT2D eigenvalue weighted by Gasteiger charge is -2.44. The maximum absolute atomic E-state index is 6.29. The quantitative estimate of drug-likeness (QED) is 0.800. The van der Waals surface area contributed by atoms with E-state index in [0.29, 0.717) is 0 Å². The van der Waals surface area contributed by atoms with Gasteiger partial charge in [-0.25, -0.2) is 0 Å². The number of thiophene rings is 1. The molecule has 4 rings (SSSR count). The average molecular weight is 314 g/mol. The minimum absolute atomic E-state index is 0.0266. The van der Waals surface area contributed by atoms with Gasteiger partial charge in [0.2, 0.25) is 0 Å². The molecule has 1 saturated heterocycles. The molecule has 0 radical (unpaired) electrons. The van der Waals surface area contributed by atoms with Gasteiger partial charge in [0.15, 0.2) is 0 Å². The molecule has 3 nitrogen and oxygen atoms in total. The lowest BCUT2D eigenvalue weighted by atomic mass is 9.82. The summed E-state index contributed by atoms with van der Waals surface area (Å²) in [6, 6.07) is 6.68. The number of nitrogens with zero attached hydrogens (tertiary/aromatic N) is 2. The Balaban J connectivity index is 1.56. The number of fused-ring (bicyclic) bond motifs is 2. The van der Waals surface area contributed by atoms with Crippen molar-refractivity contribution in [3.8, 4) is 0 Å². The molecular weight excluding hydrogens is 292 g/mol. The number of ether oxygens (including phenoxy) is 1. The fraction of sp³-hybridized carbons (Fsp3) is 0.500. The standard InChI is InChI=1S/C18H22N2OS/c1-13-11-15(12-14(2)19-13)20-7-5-18(6-8-20)16-4-10-22-17(16)3-9-21-18/h4,10-12H,3,5-9H2,1-2H3. The molecule has 2 aromatic heterocycles. The van der Waals surface area contributed by atoms with Crippen molar-refractivity contribution in [2.24, 2.45) is 0 Å². The van der Waals surface area contributed by atoms with E-state index in [9.17, 15) is 0 Å². The van der Waals surface area contributed by atoms with Gasteiger partial charge in [-0.15, -0.1) is 11.3 Å². The van der Waals surface area contributed by atoms with Crippen molar-refractivity contribution in [1.29, 1.82) is 0 Å². The average Bonchev–Trinajstić information content (AvgIpc) is 2.97. The van der Waals surface area contributed by atoms with Gasteiger partial charge in [0.25, 0.3) is 0 Å². The van der Waals surface area contributed by atoms with E-state index in [1.807, 2.05) is 11.3 Å². The highest BCUT2D eigenvalue weighted by molar-refractivity contribution is 7.10. The molecule has 1 fully saturated rings. The van der Waals surface area contributed by atoms with Crippen LogP contribution in [0.5, 0.6) is 0 Å². The summed E-state index contributed by atoms with van der Waals surface area (Å²) in [6.45, 7) is 7.13. The summed E-state index contributed by atoms with van der Waals surface area (Å²) in [5.74, 6) is 0. The van der Waals surface area contributed by atoms with E-state index in [1.54, 1.807) is 0 Å². The third-order valence-corrected chi connectivity index (χ3v) is 5.93. The fourth-order valence-corrected chi connectivity index (χ4v) is 4.84. The SMILES string of the molecule is Cc1cc(N2CCC3(CC2)OCCc2sccc23)cc(C)n1. The maximum atomic E-state index is 6.29. The predicted molar refractivity (Wildman–Crippen MR) is 90.8 cm³/mol. The molecular formula is C18H22N2OS. The van der Waals surface area contributed by atoms with Crippen LogP contribution >= 0.6 is 11.3 Å². The van der Waals surface area contributed by atoms with Gasteiger partial charge in [-0.1, -0.05) is 0 Å². The molecule has 0 N–H and O–H groups in total. The van der Waals surface area contributed by atoms with E-state index in [4.69, 9.17) is 4.74 Å². The van der Waals surface area contributed by atoms with E-state index in [-0.39, 0.29) is 5.60 Å². The molecule has 2 aliphatic heterocycles. The molecule has 0 unspecified atom stereocenters. The van der Waals surface area contributed by atoms with Crippen molar-refractivity contribution >= 4 is 17.0 Å². The van der Waals surface area contributed by atoms with Crippen LogP contribution in [0.25, 0.3) is 0 Å². The van der Waals surface area contributed by atoms with E-state index in [2.05, 4.69) is 47.3 Å². The molecule has 22 heavy (non-hydrogen) atoms. The van der Waals surface area contributed by atoms with Crippen molar-refractivity contribution < 1.29 is 4.74 Å². The van der Waals surface area contributed by atoms with E-state index in [1.165, 1.54) is 16.1 Å². The Labute approximate surface area is 135 Å². The largest absolute Gasteiger partial charge is 0.371 e. The molecule has 0 atom stereocenters. The highest BCUT2D eigenvalue weighted by Crippen LogP contribution is 2.43. The highest BCUT2D eigenvalue weighted by atomic mass is 32.1. The zero-order chi connectivity index (χ0) is 15.2. The van der Waals surface area contributed by atoms with Gasteiger partial charge in [0.1, 0.15) is 0 Å². The zero-order valence-corrected chi connectivity index (χ0v) is 14.1. The first-order valence-electron chi connectivity index (χ1n) is 8.07. The summed E-state index contributed by atoms with van der Waals surface area (Å²) in [5.41, 5.74) is 4.95. The molecule has 1 spiro atoms. The van der Waals surface area contributed by atoms with Crippen LogP contribution < -0.4 is 4.90 Å². The monoisotopic (exact) mass is 314 g/mol. The number of aromatic nitrogens is 1. The molecule has 0 amide bonds. The summed E-state index contributed by atoms with van der Waals surface area (Å²) in [6.07, 6.45) is 3.25. The van der Waals surface area contributed by atoms with Crippen LogP contribution in [0.3, 0.4) is 0 Å². The highest BCUT2D eigenvalue weighted by Gasteiger charge is 2.41. The van der Waals surface area contributed by atoms with Gasteiger partial charge in [0, 0.05) is 41.5 Å². The molecule has 0 aliphatic carbocycles. The fourth-order valence-electron chi connectivity index (χ4n) is 3.89. The van der Waals surface area contributed by atoms with Crippen LogP contribution in [0.4, 0.5) is 5.69 Å². The third-order valence-electron chi connectivity index (χ3n) is 4.95. The molecule has 0 saturated carbocycles. The Morgan fingerprint density at radius 1 is 1.18 bits per heavy atom. The second-order valence-electron chi connectivity index (χ2n) is 6.45. The number of aryl methyl sites for hydroxylation is 2. The van der Waals surface area contributed by atoms with Crippen LogP contribution in [-0.4, -0.2) is 24.7 Å². The smallest absolute Gasteiger partial charge is 0.0975 e. The van der Waals surface area contributed by atoms with Crippen LogP contribution in [0.1, 0.15) is 34.7 Å². The lowest BCUT2D eigenvalue weighted by Crippen LogP contribution is -2.46. The number of hydrogen-bond donors (Lipinski definition) is 0. The minimum atomic E-state index is -0.0266. The van der Waals surface area contributed by atoms with E-state index < -0.39 is 0 Å². The third kappa shape index (κ3) is 2.34. The number of piperidine rings is 1. The predicted octanol–water partition coefficient (Wildman–Crippen LogP) is 3.83. The first kappa shape index (κ1) is 14.2. The normalized spacial score (nSPS) is 20.2. The van der Waals surface area contributed by atoms with Gasteiger partial charge in [-0.05, 0) is 55.8 Å². The Bertz CT molecular complexity index is 666. The molecule has 116 valence electrons. The molecule has 0 aromatic carbocycles. The number of hydrogen-bond acceptors (Lipinski definition) is 4. The molecule has 2 aliphatic rings. The van der Waals surface area contributed by atoms with Crippen LogP contribution in [0.15, 0.2) is 23.6 Å². The van der Waals surface area contributed by atoms with Gasteiger partial charge in [0.05, 0.1) is 12.2 Å². The summed E-state index contributed by atoms with van der Waals surface area (Å²) in [5, 5.41) is 2.23. The second kappa shape index (κ2) is 5.36. The van der Waals surface area contributed by atoms with E-state index in [0.717, 1.165) is 50.3 Å². The lowest BCUT2D eigenvalue weighted by molar-refractivity contribution is -0.0756. The van der Waals surface area contributed by atoms with Crippen LogP contribution in [0, 0.1) is 13.8 Å². The Morgan fingerprint density at radius 3 is 2.64 bits per heavy atom. The summed E-state index contributed by atoms with van der Waals surface area (Å²) < 4.78 is 6.29. The van der Waals surface area contributed by atoms with Crippen LogP contribution in [0.2, 0.25) is 0 Å². The topological polar surface area (TPSA) is 25.4 Å². The molecule has 4 heteroatoms. The Kier molecular flexibility index (Phi) is 3.46. The number of anilines is 1. The summed E-state index contributed by atoms with van der Waals surface area (Å²) in [7, 11) is 0. The van der Waals surface area contributed by atoms with Crippen molar-refractivity contribution in [3.05, 3.63) is 45.4 Å². The van der Waals surface area contributed by atoms with Crippen molar-refractivity contribution in [1.82, 2.24) is 4.98 Å². The molecule has 4 heterocycles. The zero-order valence-electron chi connectivity index (χ0n) is 13.3. The minimum Gasteiger partial charge on any atom is -0.371 e. The van der Waals surface area contributed by atoms with Gasteiger partial charge in [-0.2, -0.15) is 0 Å². The maximum Gasteiger partial charge on any atom is 0.0975 e. The van der Waals surface area contributed by atoms with Crippen molar-refractivity contribution in [3.63, 3.8) is 0 Å². The summed E-state index contributed by atoms with van der Waals surface area (Å²) in [4.78, 5) is 8.51. The van der Waals surface area contributed by atoms with Gasteiger partial charge in [-0.3, -0.25) is 4.98 Å². The number of pyridine rings is 1. The van der Waals surface area contributed by atoms with Gasteiger partial charge >= 0.3 is 0 Å². The molecule has 2 aromatic rings. The summed E-state index contributed by atoms with van der Waals surface area (Å²) >= 11 is 1.89. The molecule has 0 bridgehead atoms. The first-order chi connectivity index (χ1) is 10.7. The van der Waals surface area contributed by atoms with Gasteiger partial charge < -0.3 is 9.64 Å². The Morgan fingerprint density at radius 2 is 1.91 bits per heavy atom. The van der Waals surface area contributed by atoms with Crippen molar-refractivity contribution in [2.75, 3.05) is 24.6 Å². The number of rotatable bonds is 1. The van der Waals surface area contributed by atoms with Crippen LogP contribution in [-0.2, 0) is 16.8 Å².